The van der Waals surface area contributed by atoms with Gasteiger partial charge in [-0.05, 0) is 42.0 Å². The molecule has 3 rings (SSSR count). The van der Waals surface area contributed by atoms with E-state index in [1.807, 2.05) is 24.3 Å². The minimum absolute atomic E-state index is 0.115. The molecule has 1 aliphatic rings. The van der Waals surface area contributed by atoms with Crippen LogP contribution in [0.25, 0.3) is 0 Å². The Morgan fingerprint density at radius 3 is 2.35 bits per heavy atom. The Bertz CT molecular complexity index is 650. The van der Waals surface area contributed by atoms with Crippen LogP contribution in [0.15, 0.2) is 48.5 Å². The molecule has 0 atom stereocenters. The molecule has 1 N–H and O–H groups in total. The number of rotatable bonds is 4. The monoisotopic (exact) mass is 314 g/mol. The third kappa shape index (κ3) is 4.29. The fourth-order valence-corrected chi connectivity index (χ4v) is 2.57. The van der Waals surface area contributed by atoms with E-state index >= 15 is 0 Å². The first-order valence-corrected chi connectivity index (χ1v) is 7.68. The number of amides is 1. The molecule has 0 aromatic heterocycles. The molecule has 0 saturated carbocycles. The van der Waals surface area contributed by atoms with Crippen LogP contribution in [0.4, 0.5) is 15.8 Å². The third-order valence-electron chi connectivity index (χ3n) is 3.81. The summed E-state index contributed by atoms with van der Waals surface area (Å²) < 4.78 is 18.2. The summed E-state index contributed by atoms with van der Waals surface area (Å²) in [5.74, 6) is -0.413. The molecule has 1 heterocycles. The first-order chi connectivity index (χ1) is 11.2. The van der Waals surface area contributed by atoms with Crippen molar-refractivity contribution >= 4 is 17.3 Å². The Kier molecular flexibility index (Phi) is 4.88. The zero-order valence-corrected chi connectivity index (χ0v) is 12.8. The van der Waals surface area contributed by atoms with Crippen molar-refractivity contribution in [2.45, 2.75) is 6.42 Å². The molecule has 0 unspecified atom stereocenters. The van der Waals surface area contributed by atoms with Gasteiger partial charge in [0.15, 0.2) is 0 Å². The highest BCUT2D eigenvalue weighted by molar-refractivity contribution is 5.92. The Morgan fingerprint density at radius 1 is 1.04 bits per heavy atom. The van der Waals surface area contributed by atoms with Crippen LogP contribution in [0, 0.1) is 5.82 Å². The lowest BCUT2D eigenvalue weighted by atomic mass is 10.1. The normalized spacial score (nSPS) is 14.6. The molecule has 2 aromatic carbocycles. The SMILES string of the molecule is O=C(Cc1ccc(F)cc1)Nc1ccc(N2CCOCC2)cc1. The molecular formula is C18H19FN2O2. The van der Waals surface area contributed by atoms with E-state index in [0.717, 1.165) is 43.2 Å². The predicted octanol–water partition coefficient (Wildman–Crippen LogP) is 2.84. The number of nitrogens with one attached hydrogen (secondary N) is 1. The van der Waals surface area contributed by atoms with Crippen molar-refractivity contribution in [1.29, 1.82) is 0 Å². The molecule has 0 bridgehead atoms. The van der Waals surface area contributed by atoms with E-state index in [-0.39, 0.29) is 18.1 Å². The summed E-state index contributed by atoms with van der Waals surface area (Å²) in [5, 5.41) is 2.86. The van der Waals surface area contributed by atoms with E-state index in [0.29, 0.717) is 0 Å². The van der Waals surface area contributed by atoms with Crippen LogP contribution in [-0.2, 0) is 16.0 Å². The molecule has 4 nitrogen and oxygen atoms in total. The first kappa shape index (κ1) is 15.5. The summed E-state index contributed by atoms with van der Waals surface area (Å²) in [5.41, 5.74) is 2.67. The van der Waals surface area contributed by atoms with Gasteiger partial charge in [-0.1, -0.05) is 12.1 Å². The van der Waals surface area contributed by atoms with Gasteiger partial charge >= 0.3 is 0 Å². The Balaban J connectivity index is 1.57. The van der Waals surface area contributed by atoms with Crippen LogP contribution in [0.5, 0.6) is 0 Å². The molecule has 0 aliphatic carbocycles. The topological polar surface area (TPSA) is 41.6 Å². The van der Waals surface area contributed by atoms with Crippen molar-refractivity contribution < 1.29 is 13.9 Å². The average Bonchev–Trinajstić information content (AvgIpc) is 2.58. The lowest BCUT2D eigenvalue weighted by Crippen LogP contribution is -2.36. The lowest BCUT2D eigenvalue weighted by Gasteiger charge is -2.28. The van der Waals surface area contributed by atoms with Gasteiger partial charge in [-0.25, -0.2) is 4.39 Å². The highest BCUT2D eigenvalue weighted by Crippen LogP contribution is 2.19. The number of morpholine rings is 1. The third-order valence-corrected chi connectivity index (χ3v) is 3.81. The molecule has 23 heavy (non-hydrogen) atoms. The molecule has 1 amide bonds. The van der Waals surface area contributed by atoms with Crippen molar-refractivity contribution in [3.63, 3.8) is 0 Å². The number of carbonyl (C=O) groups is 1. The zero-order valence-electron chi connectivity index (χ0n) is 12.8. The molecule has 2 aromatic rings. The average molecular weight is 314 g/mol. The quantitative estimate of drug-likeness (QED) is 0.943. The summed E-state index contributed by atoms with van der Waals surface area (Å²) in [6.45, 7) is 3.26. The Labute approximate surface area is 134 Å². The standard InChI is InChI=1S/C18H19FN2O2/c19-15-3-1-14(2-4-15)13-18(22)20-16-5-7-17(8-6-16)21-9-11-23-12-10-21/h1-8H,9-13H2,(H,20,22). The largest absolute Gasteiger partial charge is 0.378 e. The highest BCUT2D eigenvalue weighted by atomic mass is 19.1. The number of halogens is 1. The summed E-state index contributed by atoms with van der Waals surface area (Å²) in [6.07, 6.45) is 0.228. The van der Waals surface area contributed by atoms with E-state index in [4.69, 9.17) is 4.74 Å². The fraction of sp³-hybridized carbons (Fsp3) is 0.278. The van der Waals surface area contributed by atoms with Gasteiger partial charge in [0.25, 0.3) is 0 Å². The van der Waals surface area contributed by atoms with Crippen molar-refractivity contribution in [2.24, 2.45) is 0 Å². The fourth-order valence-electron chi connectivity index (χ4n) is 2.57. The molecule has 1 fully saturated rings. The summed E-state index contributed by atoms with van der Waals surface area (Å²) in [6, 6.07) is 13.8. The second kappa shape index (κ2) is 7.24. The van der Waals surface area contributed by atoms with Gasteiger partial charge in [-0.2, -0.15) is 0 Å². The number of ether oxygens (including phenoxy) is 1. The number of hydrogen-bond acceptors (Lipinski definition) is 3. The van der Waals surface area contributed by atoms with E-state index < -0.39 is 0 Å². The second-order valence-electron chi connectivity index (χ2n) is 5.50. The number of anilines is 2. The highest BCUT2D eigenvalue weighted by Gasteiger charge is 2.11. The van der Waals surface area contributed by atoms with Gasteiger partial charge < -0.3 is 15.0 Å². The van der Waals surface area contributed by atoms with E-state index in [1.165, 1.54) is 12.1 Å². The zero-order chi connectivity index (χ0) is 16.1. The summed E-state index contributed by atoms with van der Waals surface area (Å²) in [7, 11) is 0. The number of hydrogen-bond donors (Lipinski definition) is 1. The summed E-state index contributed by atoms with van der Waals surface area (Å²) >= 11 is 0. The van der Waals surface area contributed by atoms with Crippen molar-refractivity contribution in [1.82, 2.24) is 0 Å². The number of carbonyl (C=O) groups excluding carboxylic acids is 1. The predicted molar refractivity (Wildman–Crippen MR) is 88.2 cm³/mol. The molecule has 120 valence electrons. The maximum Gasteiger partial charge on any atom is 0.228 e. The van der Waals surface area contributed by atoms with Crippen LogP contribution in [0.1, 0.15) is 5.56 Å². The van der Waals surface area contributed by atoms with Gasteiger partial charge in [0.05, 0.1) is 19.6 Å². The molecule has 1 saturated heterocycles. The van der Waals surface area contributed by atoms with Gasteiger partial charge in [0.2, 0.25) is 5.91 Å². The summed E-state index contributed by atoms with van der Waals surface area (Å²) in [4.78, 5) is 14.3. The first-order valence-electron chi connectivity index (χ1n) is 7.68. The van der Waals surface area contributed by atoms with Crippen LogP contribution in [-0.4, -0.2) is 32.2 Å². The second-order valence-corrected chi connectivity index (χ2v) is 5.50. The van der Waals surface area contributed by atoms with Crippen molar-refractivity contribution in [2.75, 3.05) is 36.5 Å². The van der Waals surface area contributed by atoms with Crippen molar-refractivity contribution in [3.05, 3.63) is 59.9 Å². The van der Waals surface area contributed by atoms with Gasteiger partial charge in [-0.15, -0.1) is 0 Å². The van der Waals surface area contributed by atoms with Gasteiger partial charge in [0, 0.05) is 24.5 Å². The maximum atomic E-state index is 12.8. The Hall–Kier alpha value is -2.40. The lowest BCUT2D eigenvalue weighted by molar-refractivity contribution is -0.115. The van der Waals surface area contributed by atoms with Gasteiger partial charge in [0.1, 0.15) is 5.82 Å². The van der Waals surface area contributed by atoms with Crippen molar-refractivity contribution in [3.8, 4) is 0 Å². The van der Waals surface area contributed by atoms with Crippen LogP contribution < -0.4 is 10.2 Å². The molecule has 0 spiro atoms. The number of benzene rings is 2. The van der Waals surface area contributed by atoms with Crippen LogP contribution in [0.3, 0.4) is 0 Å². The minimum Gasteiger partial charge on any atom is -0.378 e. The smallest absolute Gasteiger partial charge is 0.228 e. The van der Waals surface area contributed by atoms with Crippen LogP contribution in [0.2, 0.25) is 0 Å². The van der Waals surface area contributed by atoms with E-state index in [2.05, 4.69) is 10.2 Å². The molecular weight excluding hydrogens is 295 g/mol. The minimum atomic E-state index is -0.298. The maximum absolute atomic E-state index is 12.8. The molecule has 1 aliphatic heterocycles. The Morgan fingerprint density at radius 2 is 1.70 bits per heavy atom. The molecule has 5 heteroatoms. The number of nitrogens with zero attached hydrogens (tertiary/aromatic N) is 1. The van der Waals surface area contributed by atoms with E-state index in [9.17, 15) is 9.18 Å². The van der Waals surface area contributed by atoms with Gasteiger partial charge in [-0.3, -0.25) is 4.79 Å². The molecule has 0 radical (unpaired) electrons. The van der Waals surface area contributed by atoms with Crippen LogP contribution >= 0.6 is 0 Å². The van der Waals surface area contributed by atoms with E-state index in [1.54, 1.807) is 12.1 Å².